The van der Waals surface area contributed by atoms with E-state index in [-0.39, 0.29) is 17.6 Å². The van der Waals surface area contributed by atoms with Crippen molar-refractivity contribution in [2.24, 2.45) is 0 Å². The summed E-state index contributed by atoms with van der Waals surface area (Å²) >= 11 is 0. The van der Waals surface area contributed by atoms with Crippen LogP contribution >= 0.6 is 0 Å². The number of rotatable bonds is 9. The Morgan fingerprint density at radius 1 is 1.23 bits per heavy atom. The van der Waals surface area contributed by atoms with Crippen LogP contribution in [0.4, 0.5) is 4.39 Å². The lowest BCUT2D eigenvalue weighted by Crippen LogP contribution is -2.38. The van der Waals surface area contributed by atoms with Crippen molar-refractivity contribution in [3.63, 3.8) is 0 Å². The molecule has 0 aromatic heterocycles. The SMILES string of the molecule is CCCCC(=O)NCCN(CCc1ccccc1F)C(C)=O. The van der Waals surface area contributed by atoms with Crippen molar-refractivity contribution in [2.45, 2.75) is 39.5 Å². The van der Waals surface area contributed by atoms with E-state index in [9.17, 15) is 14.0 Å². The van der Waals surface area contributed by atoms with Gasteiger partial charge in [-0.1, -0.05) is 31.5 Å². The normalized spacial score (nSPS) is 10.3. The van der Waals surface area contributed by atoms with E-state index in [0.717, 1.165) is 12.8 Å². The van der Waals surface area contributed by atoms with Gasteiger partial charge in [0.2, 0.25) is 11.8 Å². The molecule has 122 valence electrons. The number of benzene rings is 1. The Balaban J connectivity index is 2.38. The molecule has 4 nitrogen and oxygen atoms in total. The number of nitrogens with zero attached hydrogens (tertiary/aromatic N) is 1. The molecule has 0 unspecified atom stereocenters. The predicted octanol–water partition coefficient (Wildman–Crippen LogP) is 2.52. The van der Waals surface area contributed by atoms with Crippen LogP contribution in [0.15, 0.2) is 24.3 Å². The minimum atomic E-state index is -0.251. The molecule has 1 N–H and O–H groups in total. The topological polar surface area (TPSA) is 49.4 Å². The van der Waals surface area contributed by atoms with Crippen molar-refractivity contribution in [2.75, 3.05) is 19.6 Å². The maximum Gasteiger partial charge on any atom is 0.220 e. The number of amides is 2. The summed E-state index contributed by atoms with van der Waals surface area (Å²) in [4.78, 5) is 24.8. The Kier molecular flexibility index (Phi) is 8.18. The first-order valence-electron chi connectivity index (χ1n) is 7.80. The van der Waals surface area contributed by atoms with Gasteiger partial charge in [0.15, 0.2) is 0 Å². The second-order valence-electron chi connectivity index (χ2n) is 5.30. The monoisotopic (exact) mass is 308 g/mol. The molecule has 1 rings (SSSR count). The molecule has 2 amide bonds. The van der Waals surface area contributed by atoms with Gasteiger partial charge in [0.25, 0.3) is 0 Å². The first-order valence-corrected chi connectivity index (χ1v) is 7.80. The van der Waals surface area contributed by atoms with Crippen LogP contribution in [0.5, 0.6) is 0 Å². The molecular weight excluding hydrogens is 283 g/mol. The van der Waals surface area contributed by atoms with Gasteiger partial charge in [-0.05, 0) is 24.5 Å². The van der Waals surface area contributed by atoms with Gasteiger partial charge in [-0.3, -0.25) is 9.59 Å². The highest BCUT2D eigenvalue weighted by Gasteiger charge is 2.10. The average molecular weight is 308 g/mol. The number of hydrogen-bond donors (Lipinski definition) is 1. The van der Waals surface area contributed by atoms with Crippen LogP contribution in [0, 0.1) is 5.82 Å². The van der Waals surface area contributed by atoms with Gasteiger partial charge < -0.3 is 10.2 Å². The van der Waals surface area contributed by atoms with E-state index in [4.69, 9.17) is 0 Å². The molecule has 0 bridgehead atoms. The third-order valence-electron chi connectivity index (χ3n) is 3.52. The van der Waals surface area contributed by atoms with Crippen molar-refractivity contribution in [3.8, 4) is 0 Å². The van der Waals surface area contributed by atoms with E-state index in [1.165, 1.54) is 13.0 Å². The maximum atomic E-state index is 13.6. The lowest BCUT2D eigenvalue weighted by atomic mass is 10.1. The molecule has 0 aliphatic carbocycles. The summed E-state index contributed by atoms with van der Waals surface area (Å²) in [7, 11) is 0. The lowest BCUT2D eigenvalue weighted by Gasteiger charge is -2.21. The third-order valence-corrected chi connectivity index (χ3v) is 3.52. The van der Waals surface area contributed by atoms with Crippen molar-refractivity contribution in [3.05, 3.63) is 35.6 Å². The van der Waals surface area contributed by atoms with Crippen LogP contribution in [-0.2, 0) is 16.0 Å². The van der Waals surface area contributed by atoms with E-state index in [2.05, 4.69) is 5.32 Å². The van der Waals surface area contributed by atoms with Gasteiger partial charge in [0, 0.05) is 33.0 Å². The summed E-state index contributed by atoms with van der Waals surface area (Å²) in [6, 6.07) is 6.57. The smallest absolute Gasteiger partial charge is 0.220 e. The highest BCUT2D eigenvalue weighted by atomic mass is 19.1. The van der Waals surface area contributed by atoms with E-state index >= 15 is 0 Å². The molecule has 0 aliphatic heterocycles. The van der Waals surface area contributed by atoms with Crippen LogP contribution in [0.3, 0.4) is 0 Å². The van der Waals surface area contributed by atoms with Crippen LogP contribution in [0.2, 0.25) is 0 Å². The van der Waals surface area contributed by atoms with E-state index < -0.39 is 0 Å². The molecular formula is C17H25FN2O2. The molecule has 0 saturated heterocycles. The zero-order valence-electron chi connectivity index (χ0n) is 13.4. The van der Waals surface area contributed by atoms with Crippen LogP contribution in [0.1, 0.15) is 38.7 Å². The first-order chi connectivity index (χ1) is 10.5. The number of halogens is 1. The molecule has 22 heavy (non-hydrogen) atoms. The molecule has 1 aromatic carbocycles. The molecule has 0 fully saturated rings. The molecule has 0 saturated carbocycles. The van der Waals surface area contributed by atoms with Crippen LogP contribution in [0.25, 0.3) is 0 Å². The van der Waals surface area contributed by atoms with Crippen molar-refractivity contribution >= 4 is 11.8 Å². The van der Waals surface area contributed by atoms with Gasteiger partial charge in [0.05, 0.1) is 0 Å². The number of carbonyl (C=O) groups is 2. The molecule has 0 aliphatic rings. The Hall–Kier alpha value is -1.91. The summed E-state index contributed by atoms with van der Waals surface area (Å²) in [5.74, 6) is -0.308. The average Bonchev–Trinajstić information content (AvgIpc) is 2.49. The van der Waals surface area contributed by atoms with Gasteiger partial charge in [-0.2, -0.15) is 0 Å². The Labute approximate surface area is 131 Å². The number of unbranched alkanes of at least 4 members (excludes halogenated alkanes) is 1. The van der Waals surface area contributed by atoms with Gasteiger partial charge in [-0.25, -0.2) is 4.39 Å². The minimum absolute atomic E-state index is 0.0134. The summed E-state index contributed by atoms with van der Waals surface area (Å²) in [5.41, 5.74) is 0.598. The Bertz CT molecular complexity index is 491. The summed E-state index contributed by atoms with van der Waals surface area (Å²) in [5, 5.41) is 2.81. The van der Waals surface area contributed by atoms with E-state index in [1.807, 2.05) is 6.92 Å². The lowest BCUT2D eigenvalue weighted by molar-refractivity contribution is -0.129. The fourth-order valence-corrected chi connectivity index (χ4v) is 2.14. The molecule has 0 radical (unpaired) electrons. The summed E-state index contributed by atoms with van der Waals surface area (Å²) < 4.78 is 13.6. The van der Waals surface area contributed by atoms with Crippen molar-refractivity contribution in [1.29, 1.82) is 0 Å². The zero-order chi connectivity index (χ0) is 16.4. The quantitative estimate of drug-likeness (QED) is 0.762. The molecule has 0 heterocycles. The van der Waals surface area contributed by atoms with E-state index in [1.54, 1.807) is 23.1 Å². The van der Waals surface area contributed by atoms with Crippen LogP contribution < -0.4 is 5.32 Å². The summed E-state index contributed by atoms with van der Waals surface area (Å²) in [6.07, 6.45) is 2.84. The van der Waals surface area contributed by atoms with Crippen LogP contribution in [-0.4, -0.2) is 36.3 Å². The second kappa shape index (κ2) is 9.92. The van der Waals surface area contributed by atoms with Gasteiger partial charge in [-0.15, -0.1) is 0 Å². The third kappa shape index (κ3) is 6.70. The van der Waals surface area contributed by atoms with Crippen molar-refractivity contribution in [1.82, 2.24) is 10.2 Å². The molecule has 1 aromatic rings. The van der Waals surface area contributed by atoms with E-state index in [0.29, 0.717) is 38.0 Å². The Morgan fingerprint density at radius 2 is 1.95 bits per heavy atom. The predicted molar refractivity (Wildman–Crippen MR) is 84.9 cm³/mol. The highest BCUT2D eigenvalue weighted by molar-refractivity contribution is 5.76. The molecule has 0 spiro atoms. The standard InChI is InChI=1S/C17H25FN2O2/c1-3-4-9-17(22)19-11-13-20(14(2)21)12-10-15-7-5-6-8-16(15)18/h5-8H,3-4,9-13H2,1-2H3,(H,19,22). The maximum absolute atomic E-state index is 13.6. The first kappa shape index (κ1) is 18.1. The fraction of sp³-hybridized carbons (Fsp3) is 0.529. The largest absolute Gasteiger partial charge is 0.354 e. The highest BCUT2D eigenvalue weighted by Crippen LogP contribution is 2.08. The molecule has 5 heteroatoms. The minimum Gasteiger partial charge on any atom is -0.354 e. The second-order valence-corrected chi connectivity index (χ2v) is 5.30. The molecule has 0 atom stereocenters. The van der Waals surface area contributed by atoms with Gasteiger partial charge in [0.1, 0.15) is 5.82 Å². The zero-order valence-corrected chi connectivity index (χ0v) is 13.4. The van der Waals surface area contributed by atoms with Crippen molar-refractivity contribution < 1.29 is 14.0 Å². The number of nitrogens with one attached hydrogen (secondary N) is 1. The number of carbonyl (C=O) groups excluding carboxylic acids is 2. The summed E-state index contributed by atoms with van der Waals surface area (Å²) in [6.45, 7) is 4.84. The number of hydrogen-bond acceptors (Lipinski definition) is 2. The Morgan fingerprint density at radius 3 is 2.59 bits per heavy atom. The van der Waals surface area contributed by atoms with Gasteiger partial charge >= 0.3 is 0 Å². The fourth-order valence-electron chi connectivity index (χ4n) is 2.14.